The highest BCUT2D eigenvalue weighted by molar-refractivity contribution is 5.90. The van der Waals surface area contributed by atoms with E-state index in [1.807, 2.05) is 48.5 Å². The third-order valence-corrected chi connectivity index (χ3v) is 5.31. The lowest BCUT2D eigenvalue weighted by Crippen LogP contribution is -2.09. The van der Waals surface area contributed by atoms with Crippen LogP contribution in [0.15, 0.2) is 82.2 Å². The van der Waals surface area contributed by atoms with E-state index >= 15 is 0 Å². The van der Waals surface area contributed by atoms with E-state index in [2.05, 4.69) is 11.1 Å². The number of aliphatic imine (C=N–C) groups is 1. The van der Waals surface area contributed by atoms with Gasteiger partial charge >= 0.3 is 5.97 Å². The third kappa shape index (κ3) is 5.37. The summed E-state index contributed by atoms with van der Waals surface area (Å²) in [5.41, 5.74) is 3.18. The van der Waals surface area contributed by atoms with Crippen LogP contribution in [0.1, 0.15) is 11.1 Å². The van der Waals surface area contributed by atoms with Gasteiger partial charge < -0.3 is 23.7 Å². The molecule has 0 bridgehead atoms. The van der Waals surface area contributed by atoms with Crippen molar-refractivity contribution in [3.63, 3.8) is 0 Å². The zero-order valence-corrected chi connectivity index (χ0v) is 19.6. The molecular weight excluding hydrogens is 460 g/mol. The number of hydrogen-bond acceptors (Lipinski definition) is 7. The van der Waals surface area contributed by atoms with Crippen molar-refractivity contribution >= 4 is 18.1 Å². The molecule has 4 aromatic rings. The highest BCUT2D eigenvalue weighted by Gasteiger charge is 2.23. The molecule has 36 heavy (non-hydrogen) atoms. The molecule has 0 aliphatic heterocycles. The summed E-state index contributed by atoms with van der Waals surface area (Å²) in [6.45, 7) is -0.423. The van der Waals surface area contributed by atoms with Gasteiger partial charge in [0.25, 0.3) is 0 Å². The van der Waals surface area contributed by atoms with Crippen LogP contribution >= 0.6 is 0 Å². The predicted octanol–water partition coefficient (Wildman–Crippen LogP) is 5.72. The number of hydrogen-bond donors (Lipinski definition) is 1. The van der Waals surface area contributed by atoms with Crippen LogP contribution < -0.4 is 14.2 Å². The first-order valence-electron chi connectivity index (χ1n) is 10.9. The Morgan fingerprint density at radius 1 is 0.917 bits per heavy atom. The molecule has 8 heteroatoms. The van der Waals surface area contributed by atoms with Gasteiger partial charge in [0.2, 0.25) is 5.88 Å². The Hall–Kier alpha value is -5.03. The van der Waals surface area contributed by atoms with Crippen LogP contribution in [0.5, 0.6) is 17.2 Å². The van der Waals surface area contributed by atoms with E-state index in [1.54, 1.807) is 44.7 Å². The van der Waals surface area contributed by atoms with Crippen molar-refractivity contribution in [3.05, 3.63) is 83.9 Å². The summed E-state index contributed by atoms with van der Waals surface area (Å²) in [5, 5.41) is 18.8. The zero-order chi connectivity index (χ0) is 25.5. The van der Waals surface area contributed by atoms with E-state index in [1.165, 1.54) is 0 Å². The topological polar surface area (TPSA) is 114 Å². The van der Waals surface area contributed by atoms with E-state index < -0.39 is 12.6 Å². The average molecular weight is 482 g/mol. The van der Waals surface area contributed by atoms with Gasteiger partial charge in [-0.05, 0) is 71.8 Å². The van der Waals surface area contributed by atoms with Gasteiger partial charge in [-0.2, -0.15) is 5.26 Å². The number of carbonyl (C=O) groups is 1. The number of rotatable bonds is 9. The first-order valence-corrected chi connectivity index (χ1v) is 10.9. The second-order valence-electron chi connectivity index (χ2n) is 7.56. The highest BCUT2D eigenvalue weighted by atomic mass is 16.5. The molecule has 1 N–H and O–H groups in total. The molecule has 1 heterocycles. The minimum Gasteiger partial charge on any atom is -0.497 e. The number of benzene rings is 3. The van der Waals surface area contributed by atoms with Crippen LogP contribution in [0.25, 0.3) is 22.5 Å². The number of ether oxygens (including phenoxy) is 3. The molecular formula is C28H22N2O6. The maximum atomic E-state index is 10.7. The quantitative estimate of drug-likeness (QED) is 0.304. The zero-order valence-electron chi connectivity index (χ0n) is 19.6. The maximum Gasteiger partial charge on any atom is 0.341 e. The first-order chi connectivity index (χ1) is 17.5. The molecule has 0 amide bonds. The summed E-state index contributed by atoms with van der Waals surface area (Å²) in [7, 11) is 3.18. The Balaban J connectivity index is 1.74. The van der Waals surface area contributed by atoms with Gasteiger partial charge in [-0.1, -0.05) is 12.1 Å². The van der Waals surface area contributed by atoms with Crippen molar-refractivity contribution in [2.75, 3.05) is 20.8 Å². The van der Waals surface area contributed by atoms with Crippen molar-refractivity contribution in [3.8, 4) is 45.8 Å². The van der Waals surface area contributed by atoms with Gasteiger partial charge in [0.05, 0.1) is 14.2 Å². The molecule has 0 aliphatic rings. The maximum absolute atomic E-state index is 10.7. The van der Waals surface area contributed by atoms with Crippen molar-refractivity contribution in [1.29, 1.82) is 5.26 Å². The fraction of sp³-hybridized carbons (Fsp3) is 0.107. The molecule has 0 saturated heterocycles. The minimum atomic E-state index is -1.05. The van der Waals surface area contributed by atoms with Crippen molar-refractivity contribution in [1.82, 2.24) is 0 Å². The minimum absolute atomic E-state index is 0.167. The Labute approximate surface area is 207 Å². The summed E-state index contributed by atoms with van der Waals surface area (Å²) < 4.78 is 21.8. The Bertz CT molecular complexity index is 1410. The van der Waals surface area contributed by atoms with Crippen LogP contribution in [-0.4, -0.2) is 38.1 Å². The lowest BCUT2D eigenvalue weighted by Gasteiger charge is -2.06. The van der Waals surface area contributed by atoms with E-state index in [0.717, 1.165) is 16.7 Å². The molecule has 0 aliphatic carbocycles. The second-order valence-corrected chi connectivity index (χ2v) is 7.56. The summed E-state index contributed by atoms with van der Waals surface area (Å²) in [5.74, 6) is 1.44. The molecule has 1 aromatic heterocycles. The number of aliphatic carboxylic acids is 1. The fourth-order valence-electron chi connectivity index (χ4n) is 3.52. The molecule has 0 unspecified atom stereocenters. The SMILES string of the molecule is COc1ccc(-c2oc(/N=C/c3ccc(OCC(=O)O)cc3)c(C#N)c2-c2ccc(OC)cc2)cc1. The molecule has 0 fully saturated rings. The Morgan fingerprint density at radius 3 is 2.00 bits per heavy atom. The molecule has 8 nitrogen and oxygen atoms in total. The van der Waals surface area contributed by atoms with Crippen molar-refractivity contribution in [2.24, 2.45) is 4.99 Å². The van der Waals surface area contributed by atoms with Crippen LogP contribution in [0, 0.1) is 11.3 Å². The van der Waals surface area contributed by atoms with Gasteiger partial charge in [0, 0.05) is 17.3 Å². The lowest BCUT2D eigenvalue weighted by molar-refractivity contribution is -0.139. The molecule has 3 aromatic carbocycles. The van der Waals surface area contributed by atoms with Gasteiger partial charge in [-0.25, -0.2) is 9.79 Å². The van der Waals surface area contributed by atoms with E-state index in [4.69, 9.17) is 23.7 Å². The van der Waals surface area contributed by atoms with Crippen LogP contribution in [-0.2, 0) is 4.79 Å². The summed E-state index contributed by atoms with van der Waals surface area (Å²) in [4.78, 5) is 15.1. The number of carboxylic acids is 1. The molecule has 4 rings (SSSR count). The Kier molecular flexibility index (Phi) is 7.32. The molecule has 0 saturated carbocycles. The standard InChI is InChI=1S/C28H22N2O6/c1-33-21-11-5-19(6-12-21)26-24(15-29)28(36-27(26)20-7-13-22(34-2)14-8-20)30-16-18-3-9-23(10-4-18)35-17-25(31)32/h3-14,16H,17H2,1-2H3,(H,31,32)/b30-16+. The van der Waals surface area contributed by atoms with E-state index in [9.17, 15) is 10.1 Å². The number of carboxylic acid groups (broad SMARTS) is 1. The normalized spacial score (nSPS) is 10.7. The van der Waals surface area contributed by atoms with Gasteiger partial charge in [0.1, 0.15) is 34.6 Å². The van der Waals surface area contributed by atoms with E-state index in [-0.39, 0.29) is 5.88 Å². The number of methoxy groups -OCH3 is 2. The summed E-state index contributed by atoms with van der Waals surface area (Å²) in [6, 6.07) is 23.7. The summed E-state index contributed by atoms with van der Waals surface area (Å²) >= 11 is 0. The van der Waals surface area contributed by atoms with E-state index in [0.29, 0.717) is 34.1 Å². The first kappa shape index (κ1) is 24.1. The Morgan fingerprint density at radius 2 is 1.47 bits per heavy atom. The van der Waals surface area contributed by atoms with Gasteiger partial charge in [0.15, 0.2) is 6.61 Å². The monoisotopic (exact) mass is 482 g/mol. The van der Waals surface area contributed by atoms with Gasteiger partial charge in [-0.15, -0.1) is 0 Å². The molecule has 0 radical (unpaired) electrons. The van der Waals surface area contributed by atoms with Crippen LogP contribution in [0.3, 0.4) is 0 Å². The van der Waals surface area contributed by atoms with Gasteiger partial charge in [-0.3, -0.25) is 0 Å². The second kappa shape index (κ2) is 10.9. The number of furan rings is 1. The molecule has 0 atom stereocenters. The molecule has 0 spiro atoms. The smallest absolute Gasteiger partial charge is 0.341 e. The third-order valence-electron chi connectivity index (χ3n) is 5.31. The van der Waals surface area contributed by atoms with Crippen molar-refractivity contribution < 1.29 is 28.5 Å². The number of nitrogens with zero attached hydrogens (tertiary/aromatic N) is 2. The fourth-order valence-corrected chi connectivity index (χ4v) is 3.52. The largest absolute Gasteiger partial charge is 0.497 e. The van der Waals surface area contributed by atoms with Crippen molar-refractivity contribution in [2.45, 2.75) is 0 Å². The lowest BCUT2D eigenvalue weighted by atomic mass is 9.98. The summed E-state index contributed by atoms with van der Waals surface area (Å²) in [6.07, 6.45) is 1.57. The highest BCUT2D eigenvalue weighted by Crippen LogP contribution is 2.43. The van der Waals surface area contributed by atoms with Crippen LogP contribution in [0.4, 0.5) is 5.88 Å². The number of nitriles is 1. The average Bonchev–Trinajstić information content (AvgIpc) is 3.29. The predicted molar refractivity (Wildman–Crippen MR) is 134 cm³/mol. The molecule has 180 valence electrons. The van der Waals surface area contributed by atoms with Crippen LogP contribution in [0.2, 0.25) is 0 Å².